The van der Waals surface area contributed by atoms with Crippen LogP contribution in [0.15, 0.2) is 17.5 Å². The first-order valence-electron chi connectivity index (χ1n) is 5.34. The molecule has 0 radical (unpaired) electrons. The summed E-state index contributed by atoms with van der Waals surface area (Å²) in [6.07, 6.45) is 2.34. The van der Waals surface area contributed by atoms with Crippen LogP contribution < -0.4 is 5.73 Å². The Morgan fingerprint density at radius 2 is 2.57 bits per heavy atom. The fourth-order valence-corrected chi connectivity index (χ4v) is 3.16. The largest absolute Gasteiger partial charge is 0.326 e. The fourth-order valence-electron chi connectivity index (χ4n) is 2.22. The van der Waals surface area contributed by atoms with Crippen LogP contribution in [-0.2, 0) is 0 Å². The van der Waals surface area contributed by atoms with Crippen LogP contribution in [0.3, 0.4) is 0 Å². The highest BCUT2D eigenvalue weighted by molar-refractivity contribution is 7.10. The molecule has 14 heavy (non-hydrogen) atoms. The minimum atomic E-state index is 0.393. The monoisotopic (exact) mass is 210 g/mol. The second kappa shape index (κ2) is 4.43. The van der Waals surface area contributed by atoms with Gasteiger partial charge in [0.2, 0.25) is 0 Å². The average Bonchev–Trinajstić information content (AvgIpc) is 2.79. The van der Waals surface area contributed by atoms with Gasteiger partial charge in [-0.2, -0.15) is 0 Å². The number of thiophene rings is 1. The van der Waals surface area contributed by atoms with E-state index in [9.17, 15) is 0 Å². The highest BCUT2D eigenvalue weighted by Crippen LogP contribution is 2.30. The Labute approximate surface area is 89.7 Å². The van der Waals surface area contributed by atoms with Crippen molar-refractivity contribution in [1.82, 2.24) is 4.90 Å². The lowest BCUT2D eigenvalue weighted by Gasteiger charge is -2.25. The molecule has 2 atom stereocenters. The number of rotatable bonds is 3. The van der Waals surface area contributed by atoms with Gasteiger partial charge in [0, 0.05) is 30.1 Å². The smallest absolute Gasteiger partial charge is 0.0439 e. The maximum absolute atomic E-state index is 5.93. The molecule has 0 aliphatic carbocycles. The molecule has 1 aromatic rings. The fraction of sp³-hybridized carbons (Fsp3) is 0.636. The minimum absolute atomic E-state index is 0.393. The predicted molar refractivity (Wildman–Crippen MR) is 61.5 cm³/mol. The second-order valence-electron chi connectivity index (χ2n) is 3.98. The van der Waals surface area contributed by atoms with Gasteiger partial charge in [-0.25, -0.2) is 0 Å². The van der Waals surface area contributed by atoms with Crippen molar-refractivity contribution in [2.75, 3.05) is 13.1 Å². The Hall–Kier alpha value is -0.380. The first-order valence-corrected chi connectivity index (χ1v) is 6.22. The van der Waals surface area contributed by atoms with Crippen molar-refractivity contribution in [3.05, 3.63) is 22.4 Å². The van der Waals surface area contributed by atoms with Crippen LogP contribution in [-0.4, -0.2) is 24.0 Å². The normalized spacial score (nSPS) is 25.4. The molecule has 1 saturated heterocycles. The van der Waals surface area contributed by atoms with Crippen LogP contribution >= 0.6 is 11.3 Å². The molecule has 0 aromatic carbocycles. The van der Waals surface area contributed by atoms with E-state index in [2.05, 4.69) is 29.3 Å². The summed E-state index contributed by atoms with van der Waals surface area (Å²) < 4.78 is 0. The third-order valence-electron chi connectivity index (χ3n) is 2.96. The molecule has 0 spiro atoms. The molecule has 1 aliphatic heterocycles. The molecule has 2 N–H and O–H groups in total. The number of nitrogens with zero attached hydrogens (tertiary/aromatic N) is 1. The molecule has 1 fully saturated rings. The van der Waals surface area contributed by atoms with Crippen LogP contribution in [0.5, 0.6) is 0 Å². The Bertz CT molecular complexity index is 271. The van der Waals surface area contributed by atoms with E-state index in [1.54, 1.807) is 0 Å². The summed E-state index contributed by atoms with van der Waals surface area (Å²) in [7, 11) is 0. The molecule has 2 heterocycles. The standard InChI is InChI=1S/C11H18N2S/c1-2-10(11-4-3-7-14-11)13-6-5-9(12)8-13/h3-4,7,9-10H,2,5-6,8,12H2,1H3. The summed E-state index contributed by atoms with van der Waals surface area (Å²) in [5.74, 6) is 0. The predicted octanol–water partition coefficient (Wildman–Crippen LogP) is 2.23. The quantitative estimate of drug-likeness (QED) is 0.829. The summed E-state index contributed by atoms with van der Waals surface area (Å²) in [4.78, 5) is 4.01. The van der Waals surface area contributed by atoms with E-state index in [0.29, 0.717) is 12.1 Å². The molecule has 1 aromatic heterocycles. The Morgan fingerprint density at radius 1 is 1.71 bits per heavy atom. The van der Waals surface area contributed by atoms with Crippen molar-refractivity contribution in [3.8, 4) is 0 Å². The van der Waals surface area contributed by atoms with Gasteiger partial charge in [0.1, 0.15) is 0 Å². The molecule has 0 amide bonds. The molecule has 2 rings (SSSR count). The van der Waals surface area contributed by atoms with Gasteiger partial charge in [-0.1, -0.05) is 13.0 Å². The zero-order chi connectivity index (χ0) is 9.97. The maximum Gasteiger partial charge on any atom is 0.0439 e. The molecular weight excluding hydrogens is 192 g/mol. The topological polar surface area (TPSA) is 29.3 Å². The van der Waals surface area contributed by atoms with E-state index in [0.717, 1.165) is 19.5 Å². The van der Waals surface area contributed by atoms with Crippen molar-refractivity contribution in [1.29, 1.82) is 0 Å². The van der Waals surface area contributed by atoms with Crippen LogP contribution in [0.2, 0.25) is 0 Å². The van der Waals surface area contributed by atoms with Gasteiger partial charge in [0.05, 0.1) is 0 Å². The SMILES string of the molecule is CCC(c1cccs1)N1CCC(N)C1. The van der Waals surface area contributed by atoms with Crippen molar-refractivity contribution in [3.63, 3.8) is 0 Å². The lowest BCUT2D eigenvalue weighted by atomic mass is 10.1. The summed E-state index contributed by atoms with van der Waals surface area (Å²) in [5.41, 5.74) is 5.93. The summed E-state index contributed by atoms with van der Waals surface area (Å²) >= 11 is 1.86. The van der Waals surface area contributed by atoms with Gasteiger partial charge in [-0.05, 0) is 24.3 Å². The molecular formula is C11H18N2S. The first kappa shape index (κ1) is 10.1. The van der Waals surface area contributed by atoms with E-state index in [4.69, 9.17) is 5.73 Å². The minimum Gasteiger partial charge on any atom is -0.326 e. The van der Waals surface area contributed by atoms with Crippen molar-refractivity contribution in [2.45, 2.75) is 31.8 Å². The summed E-state index contributed by atoms with van der Waals surface area (Å²) in [6, 6.07) is 5.37. The molecule has 2 nitrogen and oxygen atoms in total. The van der Waals surface area contributed by atoms with Crippen LogP contribution in [0.4, 0.5) is 0 Å². The summed E-state index contributed by atoms with van der Waals surface area (Å²) in [5, 5.41) is 2.16. The van der Waals surface area contributed by atoms with E-state index >= 15 is 0 Å². The first-order chi connectivity index (χ1) is 6.81. The highest BCUT2D eigenvalue weighted by atomic mass is 32.1. The lowest BCUT2D eigenvalue weighted by molar-refractivity contribution is 0.240. The van der Waals surface area contributed by atoms with E-state index in [1.807, 2.05) is 11.3 Å². The molecule has 2 unspecified atom stereocenters. The number of likely N-dealkylation sites (tertiary alicyclic amines) is 1. The van der Waals surface area contributed by atoms with Gasteiger partial charge >= 0.3 is 0 Å². The lowest BCUT2D eigenvalue weighted by Crippen LogP contribution is -2.29. The van der Waals surface area contributed by atoms with Gasteiger partial charge in [-0.15, -0.1) is 11.3 Å². The zero-order valence-corrected chi connectivity index (χ0v) is 9.46. The van der Waals surface area contributed by atoms with Crippen molar-refractivity contribution in [2.24, 2.45) is 5.73 Å². The average molecular weight is 210 g/mol. The molecule has 78 valence electrons. The third kappa shape index (κ3) is 2.00. The summed E-state index contributed by atoms with van der Waals surface area (Å²) in [6.45, 7) is 4.49. The van der Waals surface area contributed by atoms with Crippen LogP contribution in [0, 0.1) is 0 Å². The van der Waals surface area contributed by atoms with E-state index in [1.165, 1.54) is 11.3 Å². The van der Waals surface area contributed by atoms with E-state index in [-0.39, 0.29) is 0 Å². The van der Waals surface area contributed by atoms with Gasteiger partial charge in [-0.3, -0.25) is 4.90 Å². The third-order valence-corrected chi connectivity index (χ3v) is 3.93. The van der Waals surface area contributed by atoms with Crippen LogP contribution in [0.1, 0.15) is 30.7 Å². The number of hydrogen-bond acceptors (Lipinski definition) is 3. The van der Waals surface area contributed by atoms with Crippen molar-refractivity contribution < 1.29 is 0 Å². The van der Waals surface area contributed by atoms with Crippen LogP contribution in [0.25, 0.3) is 0 Å². The molecule has 3 heteroatoms. The van der Waals surface area contributed by atoms with Gasteiger partial charge in [0.25, 0.3) is 0 Å². The second-order valence-corrected chi connectivity index (χ2v) is 4.96. The highest BCUT2D eigenvalue weighted by Gasteiger charge is 2.26. The maximum atomic E-state index is 5.93. The van der Waals surface area contributed by atoms with Gasteiger partial charge in [0.15, 0.2) is 0 Å². The van der Waals surface area contributed by atoms with Gasteiger partial charge < -0.3 is 5.73 Å². The molecule has 1 aliphatic rings. The number of nitrogens with two attached hydrogens (primary N) is 1. The number of hydrogen-bond donors (Lipinski definition) is 1. The molecule has 0 saturated carbocycles. The Kier molecular flexibility index (Phi) is 3.21. The zero-order valence-electron chi connectivity index (χ0n) is 8.65. The Morgan fingerprint density at radius 3 is 3.07 bits per heavy atom. The van der Waals surface area contributed by atoms with Crippen molar-refractivity contribution >= 4 is 11.3 Å². The van der Waals surface area contributed by atoms with E-state index < -0.39 is 0 Å². The molecule has 0 bridgehead atoms. The Balaban J connectivity index is 2.07.